The number of anilines is 1. The highest BCUT2D eigenvalue weighted by Crippen LogP contribution is 2.26. The summed E-state index contributed by atoms with van der Waals surface area (Å²) in [7, 11) is 0. The number of thiol groups is 1. The molecule has 6 heteroatoms. The molecule has 82 valence electrons. The first-order chi connectivity index (χ1) is 7.61. The number of rotatable bonds is 1. The molecule has 1 aliphatic heterocycles. The van der Waals surface area contributed by atoms with E-state index < -0.39 is 0 Å². The number of hydrogen-bond acceptors (Lipinski definition) is 4. The van der Waals surface area contributed by atoms with Gasteiger partial charge in [0, 0.05) is 28.9 Å². The SMILES string of the molecule is N#Cc1cc(Br)cnc1N1CC(S)CC1=O. The Balaban J connectivity index is 2.41. The molecule has 4 nitrogen and oxygen atoms in total. The third kappa shape index (κ3) is 2.06. The van der Waals surface area contributed by atoms with Crippen LogP contribution >= 0.6 is 28.6 Å². The van der Waals surface area contributed by atoms with E-state index in [1.54, 1.807) is 12.3 Å². The van der Waals surface area contributed by atoms with E-state index in [0.29, 0.717) is 24.3 Å². The van der Waals surface area contributed by atoms with Gasteiger partial charge in [-0.3, -0.25) is 9.69 Å². The lowest BCUT2D eigenvalue weighted by molar-refractivity contribution is -0.117. The van der Waals surface area contributed by atoms with Crippen LogP contribution in [0.25, 0.3) is 0 Å². The van der Waals surface area contributed by atoms with E-state index >= 15 is 0 Å². The summed E-state index contributed by atoms with van der Waals surface area (Å²) in [5.41, 5.74) is 0.394. The van der Waals surface area contributed by atoms with Crippen molar-refractivity contribution in [2.75, 3.05) is 11.4 Å². The molecule has 1 aromatic heterocycles. The predicted octanol–water partition coefficient (Wildman–Crippen LogP) is 1.75. The van der Waals surface area contributed by atoms with Gasteiger partial charge in [0.25, 0.3) is 0 Å². The maximum absolute atomic E-state index is 11.7. The topological polar surface area (TPSA) is 57.0 Å². The largest absolute Gasteiger partial charge is 0.295 e. The molecular formula is C10H8BrN3OS. The van der Waals surface area contributed by atoms with Crippen LogP contribution in [0.2, 0.25) is 0 Å². The number of carbonyl (C=O) groups excluding carboxylic acids is 1. The molecule has 0 aliphatic carbocycles. The normalized spacial score (nSPS) is 19.9. The van der Waals surface area contributed by atoms with Crippen LogP contribution in [0.15, 0.2) is 16.7 Å². The molecule has 0 bridgehead atoms. The number of halogens is 1. The van der Waals surface area contributed by atoms with E-state index in [0.717, 1.165) is 4.47 Å². The quantitative estimate of drug-likeness (QED) is 0.804. The lowest BCUT2D eigenvalue weighted by Gasteiger charge is -2.15. The zero-order valence-corrected chi connectivity index (χ0v) is 10.7. The van der Waals surface area contributed by atoms with E-state index in [9.17, 15) is 4.79 Å². The molecule has 1 unspecified atom stereocenters. The van der Waals surface area contributed by atoms with Gasteiger partial charge in [0.1, 0.15) is 6.07 Å². The molecule has 0 aromatic carbocycles. The average molecular weight is 298 g/mol. The fourth-order valence-corrected chi connectivity index (χ4v) is 2.27. The van der Waals surface area contributed by atoms with Gasteiger partial charge in [0.05, 0.1) is 5.56 Å². The van der Waals surface area contributed by atoms with Gasteiger partial charge in [-0.05, 0) is 22.0 Å². The third-order valence-electron chi connectivity index (χ3n) is 2.31. The van der Waals surface area contributed by atoms with Crippen LogP contribution in [0.3, 0.4) is 0 Å². The van der Waals surface area contributed by atoms with Gasteiger partial charge in [-0.1, -0.05) is 0 Å². The monoisotopic (exact) mass is 297 g/mol. The Morgan fingerprint density at radius 2 is 2.44 bits per heavy atom. The van der Waals surface area contributed by atoms with Crippen molar-refractivity contribution < 1.29 is 4.79 Å². The minimum absolute atomic E-state index is 0.0180. The number of amides is 1. The Kier molecular flexibility index (Phi) is 3.17. The highest BCUT2D eigenvalue weighted by Gasteiger charge is 2.30. The third-order valence-corrected chi connectivity index (χ3v) is 3.09. The van der Waals surface area contributed by atoms with Crippen molar-refractivity contribution in [2.45, 2.75) is 11.7 Å². The molecule has 1 saturated heterocycles. The average Bonchev–Trinajstić information content (AvgIpc) is 2.57. The highest BCUT2D eigenvalue weighted by atomic mass is 79.9. The number of nitriles is 1. The lowest BCUT2D eigenvalue weighted by atomic mass is 10.2. The molecule has 2 heterocycles. The Morgan fingerprint density at radius 1 is 1.69 bits per heavy atom. The van der Waals surface area contributed by atoms with Gasteiger partial charge in [0.2, 0.25) is 5.91 Å². The van der Waals surface area contributed by atoms with Crippen LogP contribution in [-0.2, 0) is 4.79 Å². The maximum Gasteiger partial charge on any atom is 0.229 e. The number of nitrogens with zero attached hydrogens (tertiary/aromatic N) is 3. The van der Waals surface area contributed by atoms with Gasteiger partial charge >= 0.3 is 0 Å². The predicted molar refractivity (Wildman–Crippen MR) is 66.4 cm³/mol. The summed E-state index contributed by atoms with van der Waals surface area (Å²) in [4.78, 5) is 17.3. The summed E-state index contributed by atoms with van der Waals surface area (Å²) in [6.07, 6.45) is 1.97. The molecule has 16 heavy (non-hydrogen) atoms. The summed E-state index contributed by atoms with van der Waals surface area (Å²) in [5, 5.41) is 9.01. The van der Waals surface area contributed by atoms with Gasteiger partial charge < -0.3 is 0 Å². The smallest absolute Gasteiger partial charge is 0.229 e. The van der Waals surface area contributed by atoms with Crippen molar-refractivity contribution in [1.29, 1.82) is 5.26 Å². The first kappa shape index (κ1) is 11.4. The molecule has 0 spiro atoms. The van der Waals surface area contributed by atoms with Crippen LogP contribution in [-0.4, -0.2) is 22.7 Å². The van der Waals surface area contributed by atoms with Crippen molar-refractivity contribution in [2.24, 2.45) is 0 Å². The molecule has 1 aromatic rings. The summed E-state index contributed by atoms with van der Waals surface area (Å²) in [6, 6.07) is 3.69. The highest BCUT2D eigenvalue weighted by molar-refractivity contribution is 9.10. The van der Waals surface area contributed by atoms with E-state index in [1.807, 2.05) is 6.07 Å². The van der Waals surface area contributed by atoms with Crippen LogP contribution in [0, 0.1) is 11.3 Å². The minimum Gasteiger partial charge on any atom is -0.295 e. The maximum atomic E-state index is 11.7. The van der Waals surface area contributed by atoms with E-state index in [4.69, 9.17) is 5.26 Å². The number of carbonyl (C=O) groups is 1. The molecule has 1 atom stereocenters. The molecule has 2 rings (SSSR count). The van der Waals surface area contributed by atoms with Crippen molar-refractivity contribution in [3.8, 4) is 6.07 Å². The Labute approximate surface area is 107 Å². The van der Waals surface area contributed by atoms with Crippen LogP contribution in [0.1, 0.15) is 12.0 Å². The fourth-order valence-electron chi connectivity index (χ4n) is 1.62. The molecule has 0 N–H and O–H groups in total. The summed E-state index contributed by atoms with van der Waals surface area (Å²) in [6.45, 7) is 0.505. The van der Waals surface area contributed by atoms with E-state index in [-0.39, 0.29) is 11.2 Å². The second kappa shape index (κ2) is 4.44. The number of hydrogen-bond donors (Lipinski definition) is 1. The molecule has 1 fully saturated rings. The van der Waals surface area contributed by atoms with E-state index in [1.165, 1.54) is 4.90 Å². The molecule has 0 radical (unpaired) electrons. The summed E-state index contributed by atoms with van der Waals surface area (Å²) in [5.74, 6) is 0.388. The molecule has 1 amide bonds. The first-order valence-corrected chi connectivity index (χ1v) is 5.97. The van der Waals surface area contributed by atoms with Gasteiger partial charge in [-0.2, -0.15) is 17.9 Å². The standard InChI is InChI=1S/C10H8BrN3OS/c11-7-1-6(3-12)10(13-4-7)14-5-8(16)2-9(14)15/h1,4,8,16H,2,5H2. The van der Waals surface area contributed by atoms with Crippen molar-refractivity contribution in [1.82, 2.24) is 4.98 Å². The Bertz CT molecular complexity index is 485. The molecule has 1 aliphatic rings. The minimum atomic E-state index is -0.0358. The van der Waals surface area contributed by atoms with Crippen molar-refractivity contribution in [3.05, 3.63) is 22.3 Å². The van der Waals surface area contributed by atoms with Gasteiger partial charge in [-0.25, -0.2) is 4.98 Å². The lowest BCUT2D eigenvalue weighted by Crippen LogP contribution is -2.26. The Morgan fingerprint density at radius 3 is 3.00 bits per heavy atom. The number of pyridine rings is 1. The molecular weight excluding hydrogens is 290 g/mol. The van der Waals surface area contributed by atoms with Crippen LogP contribution in [0.5, 0.6) is 0 Å². The van der Waals surface area contributed by atoms with Gasteiger partial charge in [0.15, 0.2) is 5.82 Å². The van der Waals surface area contributed by atoms with E-state index in [2.05, 4.69) is 33.5 Å². The van der Waals surface area contributed by atoms with Crippen LogP contribution < -0.4 is 4.90 Å². The fraction of sp³-hybridized carbons (Fsp3) is 0.300. The van der Waals surface area contributed by atoms with Crippen molar-refractivity contribution >= 4 is 40.3 Å². The van der Waals surface area contributed by atoms with Gasteiger partial charge in [-0.15, -0.1) is 0 Å². The first-order valence-electron chi connectivity index (χ1n) is 4.66. The summed E-state index contributed by atoms with van der Waals surface area (Å²) >= 11 is 7.50. The summed E-state index contributed by atoms with van der Waals surface area (Å²) < 4.78 is 0.724. The number of aromatic nitrogens is 1. The van der Waals surface area contributed by atoms with Crippen LogP contribution in [0.4, 0.5) is 5.82 Å². The second-order valence-corrected chi connectivity index (χ2v) is 5.14. The molecule has 0 saturated carbocycles. The second-order valence-electron chi connectivity index (χ2n) is 3.50. The van der Waals surface area contributed by atoms with Crippen molar-refractivity contribution in [3.63, 3.8) is 0 Å². The Hall–Kier alpha value is -1.06. The zero-order chi connectivity index (χ0) is 11.7. The zero-order valence-electron chi connectivity index (χ0n) is 8.22.